The number of nitrogens with zero attached hydrogens (tertiary/aromatic N) is 1. The molecule has 0 bridgehead atoms. The Kier molecular flexibility index (Phi) is 5.46. The predicted molar refractivity (Wildman–Crippen MR) is 98.1 cm³/mol. The van der Waals surface area contributed by atoms with Gasteiger partial charge in [0.15, 0.2) is 6.61 Å². The van der Waals surface area contributed by atoms with Crippen LogP contribution in [0.25, 0.3) is 0 Å². The van der Waals surface area contributed by atoms with Crippen LogP contribution in [0, 0.1) is 5.92 Å². The molecule has 3 fully saturated rings. The van der Waals surface area contributed by atoms with Gasteiger partial charge in [0.25, 0.3) is 5.91 Å². The highest BCUT2D eigenvalue weighted by atomic mass is 16.6. The Morgan fingerprint density at radius 3 is 2.65 bits per heavy atom. The van der Waals surface area contributed by atoms with Crippen LogP contribution in [0.15, 0.2) is 30.3 Å². The number of hydrogen-bond acceptors (Lipinski definition) is 4. The van der Waals surface area contributed by atoms with Crippen LogP contribution in [0.3, 0.4) is 0 Å². The molecule has 1 saturated carbocycles. The number of piperidine rings is 1. The van der Waals surface area contributed by atoms with Crippen LogP contribution in [0.2, 0.25) is 0 Å². The number of benzene rings is 1. The topological polar surface area (TPSA) is 48.0 Å². The maximum atomic E-state index is 12.4. The van der Waals surface area contributed by atoms with Crippen molar-refractivity contribution >= 4 is 5.91 Å². The first kappa shape index (κ1) is 17.8. The number of ether oxygens (including phenoxy) is 3. The van der Waals surface area contributed by atoms with E-state index in [1.165, 1.54) is 19.3 Å². The molecule has 0 unspecified atom stereocenters. The van der Waals surface area contributed by atoms with Crippen molar-refractivity contribution in [3.05, 3.63) is 30.3 Å². The first-order valence-electron chi connectivity index (χ1n) is 9.94. The summed E-state index contributed by atoms with van der Waals surface area (Å²) in [5.74, 6) is 1.56. The van der Waals surface area contributed by atoms with Crippen LogP contribution in [-0.2, 0) is 14.3 Å². The lowest BCUT2D eigenvalue weighted by Crippen LogP contribution is -2.47. The molecule has 4 rings (SSSR count). The molecule has 2 aliphatic heterocycles. The van der Waals surface area contributed by atoms with Crippen molar-refractivity contribution in [1.82, 2.24) is 4.90 Å². The summed E-state index contributed by atoms with van der Waals surface area (Å²) < 4.78 is 17.8. The molecule has 1 aromatic carbocycles. The van der Waals surface area contributed by atoms with Gasteiger partial charge in [0.05, 0.1) is 18.3 Å². The Morgan fingerprint density at radius 1 is 1.19 bits per heavy atom. The first-order valence-corrected chi connectivity index (χ1v) is 9.94. The van der Waals surface area contributed by atoms with Gasteiger partial charge in [0, 0.05) is 26.1 Å². The highest BCUT2D eigenvalue weighted by Gasteiger charge is 2.44. The normalized spacial score (nSPS) is 25.2. The summed E-state index contributed by atoms with van der Waals surface area (Å²) in [4.78, 5) is 14.3. The van der Waals surface area contributed by atoms with Crippen molar-refractivity contribution in [3.63, 3.8) is 0 Å². The molecule has 1 atom stereocenters. The lowest BCUT2D eigenvalue weighted by molar-refractivity contribution is -0.138. The fraction of sp³-hybridized carbons (Fsp3) is 0.667. The molecule has 0 aromatic heterocycles. The minimum atomic E-state index is -0.0820. The maximum Gasteiger partial charge on any atom is 0.260 e. The Morgan fingerprint density at radius 2 is 1.96 bits per heavy atom. The Labute approximate surface area is 155 Å². The molecule has 3 aliphatic rings. The van der Waals surface area contributed by atoms with Gasteiger partial charge in [0.1, 0.15) is 5.75 Å². The molecule has 26 heavy (non-hydrogen) atoms. The molecule has 1 spiro atoms. The number of carbonyl (C=O) groups excluding carboxylic acids is 1. The molecule has 142 valence electrons. The van der Waals surface area contributed by atoms with E-state index in [0.717, 1.165) is 50.6 Å². The molecule has 2 heterocycles. The summed E-state index contributed by atoms with van der Waals surface area (Å²) in [5.41, 5.74) is -0.0820. The zero-order chi connectivity index (χ0) is 17.8. The molecule has 5 heteroatoms. The van der Waals surface area contributed by atoms with E-state index in [4.69, 9.17) is 14.2 Å². The fourth-order valence-electron chi connectivity index (χ4n) is 4.11. The highest BCUT2D eigenvalue weighted by Crippen LogP contribution is 2.37. The van der Waals surface area contributed by atoms with Crippen molar-refractivity contribution in [2.45, 2.75) is 50.2 Å². The van der Waals surface area contributed by atoms with Crippen LogP contribution >= 0.6 is 0 Å². The highest BCUT2D eigenvalue weighted by molar-refractivity contribution is 5.77. The molecular formula is C21H29NO4. The summed E-state index contributed by atoms with van der Waals surface area (Å²) in [7, 11) is 0. The average molecular weight is 359 g/mol. The van der Waals surface area contributed by atoms with Gasteiger partial charge in [0.2, 0.25) is 0 Å². The van der Waals surface area contributed by atoms with E-state index in [0.29, 0.717) is 6.61 Å². The van der Waals surface area contributed by atoms with Gasteiger partial charge in [-0.25, -0.2) is 0 Å². The minimum Gasteiger partial charge on any atom is -0.484 e. The summed E-state index contributed by atoms with van der Waals surface area (Å²) >= 11 is 0. The summed E-state index contributed by atoms with van der Waals surface area (Å²) in [6, 6.07) is 9.49. The zero-order valence-corrected chi connectivity index (χ0v) is 15.4. The number of rotatable bonds is 6. The van der Waals surface area contributed by atoms with E-state index in [1.54, 1.807) is 0 Å². The van der Waals surface area contributed by atoms with Crippen LogP contribution in [0.1, 0.15) is 38.5 Å². The Hall–Kier alpha value is -1.59. The molecule has 2 saturated heterocycles. The molecule has 1 aliphatic carbocycles. The van der Waals surface area contributed by atoms with E-state index >= 15 is 0 Å². The number of hydrogen-bond donors (Lipinski definition) is 0. The largest absolute Gasteiger partial charge is 0.484 e. The summed E-state index contributed by atoms with van der Waals surface area (Å²) in [5, 5.41) is 0. The lowest BCUT2D eigenvalue weighted by Gasteiger charge is -2.38. The zero-order valence-electron chi connectivity index (χ0n) is 15.4. The molecule has 1 aromatic rings. The van der Waals surface area contributed by atoms with Crippen molar-refractivity contribution in [3.8, 4) is 5.75 Å². The quantitative estimate of drug-likeness (QED) is 0.783. The van der Waals surface area contributed by atoms with E-state index in [2.05, 4.69) is 0 Å². The second-order valence-electron chi connectivity index (χ2n) is 7.93. The number of likely N-dealkylation sites (tertiary alicyclic amines) is 1. The van der Waals surface area contributed by atoms with Crippen molar-refractivity contribution in [2.24, 2.45) is 5.92 Å². The molecule has 0 N–H and O–H groups in total. The minimum absolute atomic E-state index is 0.0551. The number of amides is 1. The molecule has 0 radical (unpaired) electrons. The molecular weight excluding hydrogens is 330 g/mol. The Bertz CT molecular complexity index is 593. The van der Waals surface area contributed by atoms with Crippen molar-refractivity contribution < 1.29 is 19.0 Å². The van der Waals surface area contributed by atoms with E-state index in [9.17, 15) is 4.79 Å². The summed E-state index contributed by atoms with van der Waals surface area (Å²) in [6.07, 6.45) is 7.00. The van der Waals surface area contributed by atoms with Crippen molar-refractivity contribution in [2.75, 3.05) is 32.9 Å². The third kappa shape index (κ3) is 4.21. The second kappa shape index (κ2) is 7.97. The molecule has 1 amide bonds. The average Bonchev–Trinajstić information content (AvgIpc) is 3.02. The van der Waals surface area contributed by atoms with E-state index in [-0.39, 0.29) is 24.2 Å². The predicted octanol–water partition coefficient (Wildman–Crippen LogP) is 3.03. The van der Waals surface area contributed by atoms with E-state index < -0.39 is 0 Å². The third-order valence-electron chi connectivity index (χ3n) is 6.10. The SMILES string of the molecule is O=C(COc1ccccc1)N1CCC2(CC1)C[C@@H](OCC1CCC1)CO2. The Balaban J connectivity index is 1.19. The summed E-state index contributed by atoms with van der Waals surface area (Å²) in [6.45, 7) is 3.19. The smallest absolute Gasteiger partial charge is 0.260 e. The maximum absolute atomic E-state index is 12.4. The fourth-order valence-corrected chi connectivity index (χ4v) is 4.11. The van der Waals surface area contributed by atoms with Crippen molar-refractivity contribution in [1.29, 1.82) is 0 Å². The van der Waals surface area contributed by atoms with Gasteiger partial charge in [-0.3, -0.25) is 4.79 Å². The second-order valence-corrected chi connectivity index (χ2v) is 7.93. The standard InChI is InChI=1S/C21H29NO4/c23-20(16-25-18-7-2-1-3-8-18)22-11-9-21(10-12-22)13-19(15-26-21)24-14-17-5-4-6-17/h1-3,7-8,17,19H,4-6,9-16H2/t19-/m1/s1. The van der Waals surface area contributed by atoms with Crippen LogP contribution in [-0.4, -0.2) is 55.4 Å². The van der Waals surface area contributed by atoms with Gasteiger partial charge < -0.3 is 19.1 Å². The van der Waals surface area contributed by atoms with Crippen LogP contribution in [0.4, 0.5) is 0 Å². The monoisotopic (exact) mass is 359 g/mol. The number of para-hydroxylation sites is 1. The lowest BCUT2D eigenvalue weighted by atomic mass is 9.86. The van der Waals surface area contributed by atoms with Gasteiger partial charge >= 0.3 is 0 Å². The van der Waals surface area contributed by atoms with Gasteiger partial charge in [-0.15, -0.1) is 0 Å². The third-order valence-corrected chi connectivity index (χ3v) is 6.10. The van der Waals surface area contributed by atoms with Gasteiger partial charge in [-0.1, -0.05) is 24.6 Å². The van der Waals surface area contributed by atoms with Gasteiger partial charge in [-0.05, 0) is 43.7 Å². The van der Waals surface area contributed by atoms with E-state index in [1.807, 2.05) is 35.2 Å². The van der Waals surface area contributed by atoms with Gasteiger partial charge in [-0.2, -0.15) is 0 Å². The van der Waals surface area contributed by atoms with Crippen LogP contribution < -0.4 is 4.74 Å². The molecule has 5 nitrogen and oxygen atoms in total. The number of carbonyl (C=O) groups is 1. The first-order chi connectivity index (χ1) is 12.7. The van der Waals surface area contributed by atoms with Crippen LogP contribution in [0.5, 0.6) is 5.75 Å².